The maximum Gasteiger partial charge on any atom is 0.312 e. The van der Waals surface area contributed by atoms with Crippen LogP contribution in [0.15, 0.2) is 53.3 Å². The fourth-order valence-electron chi connectivity index (χ4n) is 3.07. The van der Waals surface area contributed by atoms with Crippen LogP contribution in [0.1, 0.15) is 35.0 Å². The Morgan fingerprint density at radius 3 is 2.39 bits per heavy atom. The molecule has 0 saturated heterocycles. The zero-order valence-corrected chi connectivity index (χ0v) is 16.0. The number of hydrogen-bond acceptors (Lipinski definition) is 5. The quantitative estimate of drug-likeness (QED) is 0.467. The normalized spacial score (nSPS) is 10.8. The van der Waals surface area contributed by atoms with Gasteiger partial charge in [0.2, 0.25) is 0 Å². The van der Waals surface area contributed by atoms with Crippen LogP contribution in [0.25, 0.3) is 10.8 Å². The monoisotopic (exact) mass is 378 g/mol. The van der Waals surface area contributed by atoms with Crippen molar-refractivity contribution in [3.8, 4) is 0 Å². The van der Waals surface area contributed by atoms with Crippen molar-refractivity contribution >= 4 is 22.5 Å². The molecule has 6 heteroatoms. The summed E-state index contributed by atoms with van der Waals surface area (Å²) in [7, 11) is 1.54. The van der Waals surface area contributed by atoms with E-state index in [-0.39, 0.29) is 24.4 Å². The lowest BCUT2D eigenvalue weighted by atomic mass is 10.1. The Labute approximate surface area is 162 Å². The van der Waals surface area contributed by atoms with Gasteiger partial charge in [-0.25, -0.2) is 4.68 Å². The predicted molar refractivity (Wildman–Crippen MR) is 106 cm³/mol. The Kier molecular flexibility index (Phi) is 5.99. The lowest BCUT2D eigenvalue weighted by molar-refractivity contribution is -0.141. The molecule has 0 fully saturated rings. The van der Waals surface area contributed by atoms with Gasteiger partial charge in [0.1, 0.15) is 0 Å². The number of fused-ring (bicyclic) bond motifs is 1. The van der Waals surface area contributed by atoms with Crippen LogP contribution in [-0.4, -0.2) is 28.1 Å². The Morgan fingerprint density at radius 2 is 1.71 bits per heavy atom. The van der Waals surface area contributed by atoms with E-state index < -0.39 is 5.97 Å². The van der Waals surface area contributed by atoms with Crippen LogP contribution in [0.4, 0.5) is 0 Å². The van der Waals surface area contributed by atoms with Crippen molar-refractivity contribution in [3.63, 3.8) is 0 Å². The molecule has 0 aliphatic carbocycles. The van der Waals surface area contributed by atoms with Crippen LogP contribution in [-0.2, 0) is 29.4 Å². The number of nitrogens with zero attached hydrogens (tertiary/aromatic N) is 2. The summed E-state index contributed by atoms with van der Waals surface area (Å²) >= 11 is 0. The molecule has 0 amide bonds. The van der Waals surface area contributed by atoms with E-state index in [1.54, 1.807) is 36.4 Å². The van der Waals surface area contributed by atoms with E-state index in [1.165, 1.54) is 17.3 Å². The molecule has 0 unspecified atom stereocenters. The van der Waals surface area contributed by atoms with Crippen molar-refractivity contribution in [3.05, 3.63) is 75.7 Å². The van der Waals surface area contributed by atoms with E-state index in [4.69, 9.17) is 4.74 Å². The summed E-state index contributed by atoms with van der Waals surface area (Å²) in [4.78, 5) is 36.6. The number of aromatic nitrogens is 2. The highest BCUT2D eigenvalue weighted by Gasteiger charge is 2.15. The number of Topliss-reactive ketones (excluding diaryl/α,β-unsaturated/α-hetero) is 1. The average Bonchev–Trinajstić information content (AvgIpc) is 2.71. The summed E-state index contributed by atoms with van der Waals surface area (Å²) < 4.78 is 6.35. The largest absolute Gasteiger partial charge is 0.457 e. The van der Waals surface area contributed by atoms with Crippen molar-refractivity contribution in [2.75, 3.05) is 6.61 Å². The summed E-state index contributed by atoms with van der Waals surface area (Å²) in [6.07, 6.45) is 1.89. The Balaban J connectivity index is 1.66. The molecule has 144 valence electrons. The van der Waals surface area contributed by atoms with Gasteiger partial charge in [-0.2, -0.15) is 5.10 Å². The van der Waals surface area contributed by atoms with E-state index in [2.05, 4.69) is 12.0 Å². The van der Waals surface area contributed by atoms with Crippen molar-refractivity contribution in [2.45, 2.75) is 26.2 Å². The molecule has 3 rings (SSSR count). The second-order valence-corrected chi connectivity index (χ2v) is 6.63. The Hall–Kier alpha value is -3.28. The van der Waals surface area contributed by atoms with E-state index in [0.29, 0.717) is 22.0 Å². The van der Waals surface area contributed by atoms with Gasteiger partial charge in [-0.05, 0) is 18.1 Å². The second-order valence-electron chi connectivity index (χ2n) is 6.63. The summed E-state index contributed by atoms with van der Waals surface area (Å²) in [5.74, 6) is -0.818. The van der Waals surface area contributed by atoms with Gasteiger partial charge in [-0.1, -0.05) is 55.8 Å². The van der Waals surface area contributed by atoms with Gasteiger partial charge < -0.3 is 4.74 Å². The molecule has 0 bridgehead atoms. The molecule has 0 radical (unpaired) electrons. The fourth-order valence-corrected chi connectivity index (χ4v) is 3.07. The molecule has 6 nitrogen and oxygen atoms in total. The van der Waals surface area contributed by atoms with Gasteiger partial charge in [-0.3, -0.25) is 14.4 Å². The van der Waals surface area contributed by atoms with E-state index in [9.17, 15) is 14.4 Å². The van der Waals surface area contributed by atoms with Crippen LogP contribution in [0.2, 0.25) is 0 Å². The third kappa shape index (κ3) is 4.34. The molecule has 3 aromatic rings. The molecular formula is C22H22N2O4. The highest BCUT2D eigenvalue weighted by atomic mass is 16.5. The third-order valence-electron chi connectivity index (χ3n) is 4.52. The number of carbonyl (C=O) groups is 2. The molecule has 1 heterocycles. The first kappa shape index (κ1) is 19.5. The summed E-state index contributed by atoms with van der Waals surface area (Å²) in [6, 6.07) is 14.3. The predicted octanol–water partition coefficient (Wildman–Crippen LogP) is 2.85. The standard InChI is InChI=1S/C22H22N2O4/c1-3-6-15-9-11-16(12-10-15)20(25)14-28-21(26)13-19-17-7-4-5-8-18(17)22(27)24(2)23-19/h4-5,7-12H,3,6,13-14H2,1-2H3. The van der Waals surface area contributed by atoms with Gasteiger partial charge >= 0.3 is 5.97 Å². The number of ether oxygens (including phenoxy) is 1. The highest BCUT2D eigenvalue weighted by molar-refractivity contribution is 5.98. The second kappa shape index (κ2) is 8.61. The first-order chi connectivity index (χ1) is 13.5. The maximum absolute atomic E-state index is 12.2. The van der Waals surface area contributed by atoms with E-state index >= 15 is 0 Å². The lowest BCUT2D eigenvalue weighted by Crippen LogP contribution is -2.23. The molecule has 0 aliphatic rings. The highest BCUT2D eigenvalue weighted by Crippen LogP contribution is 2.14. The van der Waals surface area contributed by atoms with Crippen LogP contribution in [0, 0.1) is 0 Å². The molecule has 2 aromatic carbocycles. The first-order valence-corrected chi connectivity index (χ1v) is 9.22. The van der Waals surface area contributed by atoms with Crippen molar-refractivity contribution in [1.29, 1.82) is 0 Å². The summed E-state index contributed by atoms with van der Waals surface area (Å²) in [5, 5.41) is 5.27. The van der Waals surface area contributed by atoms with Crippen molar-refractivity contribution in [2.24, 2.45) is 7.05 Å². The van der Waals surface area contributed by atoms with Gasteiger partial charge in [0.05, 0.1) is 17.5 Å². The number of esters is 1. The molecular weight excluding hydrogens is 356 g/mol. The molecule has 0 atom stereocenters. The number of aryl methyl sites for hydroxylation is 2. The lowest BCUT2D eigenvalue weighted by Gasteiger charge is -2.08. The minimum atomic E-state index is -0.563. The zero-order valence-electron chi connectivity index (χ0n) is 16.0. The molecule has 0 spiro atoms. The minimum absolute atomic E-state index is 0.114. The van der Waals surface area contributed by atoms with Crippen LogP contribution < -0.4 is 5.56 Å². The van der Waals surface area contributed by atoms with Crippen LogP contribution in [0.5, 0.6) is 0 Å². The summed E-state index contributed by atoms with van der Waals surface area (Å²) in [5.41, 5.74) is 1.90. The van der Waals surface area contributed by atoms with Crippen molar-refractivity contribution in [1.82, 2.24) is 9.78 Å². The first-order valence-electron chi connectivity index (χ1n) is 9.22. The van der Waals surface area contributed by atoms with Crippen LogP contribution in [0.3, 0.4) is 0 Å². The minimum Gasteiger partial charge on any atom is -0.457 e. The van der Waals surface area contributed by atoms with E-state index in [0.717, 1.165) is 12.8 Å². The average molecular weight is 378 g/mol. The SMILES string of the molecule is CCCc1ccc(C(=O)COC(=O)Cc2nn(C)c(=O)c3ccccc23)cc1. The van der Waals surface area contributed by atoms with Gasteiger partial charge in [-0.15, -0.1) is 0 Å². The molecule has 1 aromatic heterocycles. The Bertz CT molecular complexity index is 1070. The van der Waals surface area contributed by atoms with Gasteiger partial charge in [0.15, 0.2) is 12.4 Å². The number of benzene rings is 2. The topological polar surface area (TPSA) is 78.3 Å². The number of ketones is 1. The summed E-state index contributed by atoms with van der Waals surface area (Å²) in [6.45, 7) is 1.77. The number of hydrogen-bond donors (Lipinski definition) is 0. The smallest absolute Gasteiger partial charge is 0.312 e. The van der Waals surface area contributed by atoms with E-state index in [1.807, 2.05) is 12.1 Å². The van der Waals surface area contributed by atoms with Crippen molar-refractivity contribution < 1.29 is 14.3 Å². The van der Waals surface area contributed by atoms with Gasteiger partial charge in [0.25, 0.3) is 5.56 Å². The third-order valence-corrected chi connectivity index (χ3v) is 4.52. The zero-order chi connectivity index (χ0) is 20.1. The molecule has 0 saturated carbocycles. The number of rotatable bonds is 7. The van der Waals surface area contributed by atoms with Gasteiger partial charge in [0, 0.05) is 18.0 Å². The maximum atomic E-state index is 12.2. The molecule has 28 heavy (non-hydrogen) atoms. The molecule has 0 aliphatic heterocycles. The molecule has 0 N–H and O–H groups in total. The van der Waals surface area contributed by atoms with Crippen LogP contribution >= 0.6 is 0 Å². The fraction of sp³-hybridized carbons (Fsp3) is 0.273. The number of carbonyl (C=O) groups excluding carboxylic acids is 2. The Morgan fingerprint density at radius 1 is 1.04 bits per heavy atom.